The summed E-state index contributed by atoms with van der Waals surface area (Å²) in [4.78, 5) is 51.9. The number of amides is 3. The van der Waals surface area contributed by atoms with E-state index >= 15 is 0 Å². The number of likely N-dealkylation sites (tertiary alicyclic amines) is 1. The minimum absolute atomic E-state index is 0.0528. The molecule has 176 valence electrons. The third-order valence-corrected chi connectivity index (χ3v) is 6.86. The fourth-order valence-electron chi connectivity index (χ4n) is 4.11. The minimum Gasteiger partial charge on any atom is -0.480 e. The Morgan fingerprint density at radius 3 is 2.52 bits per heavy atom. The van der Waals surface area contributed by atoms with E-state index in [4.69, 9.17) is 0 Å². The van der Waals surface area contributed by atoms with Gasteiger partial charge in [-0.2, -0.15) is 11.8 Å². The number of carboxylic acids is 1. The van der Waals surface area contributed by atoms with Gasteiger partial charge in [0, 0.05) is 6.54 Å². The number of hydrogen-bond donors (Lipinski definition) is 4. The molecule has 9 nitrogen and oxygen atoms in total. The number of carbonyl (C=O) groups excluding carboxylic acids is 3. The molecule has 3 amide bonds. The number of nitrogens with zero attached hydrogens (tertiary/aromatic N) is 1. The van der Waals surface area contributed by atoms with Gasteiger partial charge in [-0.1, -0.05) is 20.3 Å². The second-order valence-corrected chi connectivity index (χ2v) is 9.38. The van der Waals surface area contributed by atoms with Crippen LogP contribution in [-0.2, 0) is 19.2 Å². The summed E-state index contributed by atoms with van der Waals surface area (Å²) >= 11 is 1.54. The molecule has 0 bridgehead atoms. The molecule has 0 aromatic rings. The minimum atomic E-state index is -1.09. The smallest absolute Gasteiger partial charge is 0.326 e. The zero-order valence-corrected chi connectivity index (χ0v) is 19.5. The molecule has 5 atom stereocenters. The number of nitrogens with one attached hydrogen (secondary N) is 3. The molecule has 0 radical (unpaired) electrons. The van der Waals surface area contributed by atoms with Crippen molar-refractivity contribution in [1.29, 1.82) is 0 Å². The van der Waals surface area contributed by atoms with E-state index in [1.807, 2.05) is 13.2 Å². The molecular formula is C21H36N4O5S. The van der Waals surface area contributed by atoms with Crippen molar-refractivity contribution in [3.05, 3.63) is 0 Å². The summed E-state index contributed by atoms with van der Waals surface area (Å²) in [5, 5.41) is 18.1. The van der Waals surface area contributed by atoms with E-state index in [-0.39, 0.29) is 23.8 Å². The Balaban J connectivity index is 2.06. The van der Waals surface area contributed by atoms with Crippen LogP contribution >= 0.6 is 11.8 Å². The van der Waals surface area contributed by atoms with Crippen LogP contribution in [0.25, 0.3) is 0 Å². The first-order valence-electron chi connectivity index (χ1n) is 11.2. The van der Waals surface area contributed by atoms with Crippen molar-refractivity contribution in [2.75, 3.05) is 25.1 Å². The summed E-state index contributed by atoms with van der Waals surface area (Å²) in [6.45, 7) is 4.98. The lowest BCUT2D eigenvalue weighted by atomic mass is 9.98. The number of thioether (sulfide) groups is 1. The first kappa shape index (κ1) is 25.5. The molecule has 2 fully saturated rings. The van der Waals surface area contributed by atoms with Crippen molar-refractivity contribution in [3.63, 3.8) is 0 Å². The third kappa shape index (κ3) is 6.83. The molecule has 0 saturated carbocycles. The summed E-state index contributed by atoms with van der Waals surface area (Å²) in [7, 11) is 0. The first-order chi connectivity index (χ1) is 14.8. The van der Waals surface area contributed by atoms with Crippen LogP contribution < -0.4 is 16.0 Å². The monoisotopic (exact) mass is 456 g/mol. The van der Waals surface area contributed by atoms with Gasteiger partial charge >= 0.3 is 5.97 Å². The molecule has 2 heterocycles. The second kappa shape index (κ2) is 12.3. The number of hydrogen-bond acceptors (Lipinski definition) is 6. The fourth-order valence-corrected chi connectivity index (χ4v) is 4.58. The van der Waals surface area contributed by atoms with E-state index in [1.54, 1.807) is 23.6 Å². The summed E-state index contributed by atoms with van der Waals surface area (Å²) in [5.41, 5.74) is 0. The van der Waals surface area contributed by atoms with Gasteiger partial charge in [0.1, 0.15) is 18.1 Å². The summed E-state index contributed by atoms with van der Waals surface area (Å²) in [6, 6.07) is -2.68. The summed E-state index contributed by atoms with van der Waals surface area (Å²) in [5.74, 6) is -1.58. The Hall–Kier alpha value is -1.81. The molecule has 2 rings (SSSR count). The van der Waals surface area contributed by atoms with Crippen LogP contribution in [0.1, 0.15) is 52.4 Å². The van der Waals surface area contributed by atoms with Gasteiger partial charge < -0.3 is 26.0 Å². The Morgan fingerprint density at radius 2 is 1.94 bits per heavy atom. The van der Waals surface area contributed by atoms with Crippen molar-refractivity contribution in [1.82, 2.24) is 20.9 Å². The van der Waals surface area contributed by atoms with Gasteiger partial charge in [-0.05, 0) is 56.6 Å². The average molecular weight is 457 g/mol. The normalized spacial score (nSPS) is 23.8. The largest absolute Gasteiger partial charge is 0.480 e. The van der Waals surface area contributed by atoms with E-state index in [1.165, 1.54) is 0 Å². The van der Waals surface area contributed by atoms with Crippen LogP contribution in [0.2, 0.25) is 0 Å². The topological polar surface area (TPSA) is 128 Å². The lowest BCUT2D eigenvalue weighted by molar-refractivity contribution is -0.144. The van der Waals surface area contributed by atoms with Crippen LogP contribution in [0, 0.1) is 5.92 Å². The molecule has 0 aliphatic carbocycles. The standard InChI is InChI=1S/C21H36N4O5S/c1-4-13(2)17(21(29)30)24-18(26)14(9-12-31-3)23-19(27)16-8-6-11-25(16)20(28)15-7-5-10-22-15/h13-17,22H,4-12H2,1-3H3,(H,23,27)(H,24,26)(H,29,30). The van der Waals surface area contributed by atoms with Gasteiger partial charge in [-0.15, -0.1) is 0 Å². The number of aliphatic carboxylic acids is 1. The van der Waals surface area contributed by atoms with Gasteiger partial charge in [0.05, 0.1) is 6.04 Å². The number of rotatable bonds is 11. The van der Waals surface area contributed by atoms with Crippen molar-refractivity contribution in [2.24, 2.45) is 5.92 Å². The van der Waals surface area contributed by atoms with Crippen LogP contribution in [0.4, 0.5) is 0 Å². The SMILES string of the molecule is CCC(C)C(NC(=O)C(CCSC)NC(=O)C1CCCN1C(=O)C1CCCN1)C(=O)O. The Labute approximate surface area is 188 Å². The maximum absolute atomic E-state index is 13.0. The summed E-state index contributed by atoms with van der Waals surface area (Å²) in [6.07, 6.45) is 5.92. The van der Waals surface area contributed by atoms with Crippen LogP contribution in [0.15, 0.2) is 0 Å². The van der Waals surface area contributed by atoms with Gasteiger partial charge in [0.2, 0.25) is 17.7 Å². The van der Waals surface area contributed by atoms with Gasteiger partial charge in [0.15, 0.2) is 0 Å². The van der Waals surface area contributed by atoms with Crippen LogP contribution in [0.5, 0.6) is 0 Å². The zero-order chi connectivity index (χ0) is 23.0. The predicted molar refractivity (Wildman–Crippen MR) is 120 cm³/mol. The molecule has 0 spiro atoms. The maximum atomic E-state index is 13.0. The zero-order valence-electron chi connectivity index (χ0n) is 18.7. The number of carboxylic acid groups (broad SMARTS) is 1. The highest BCUT2D eigenvalue weighted by Gasteiger charge is 2.39. The highest BCUT2D eigenvalue weighted by Crippen LogP contribution is 2.21. The first-order valence-corrected chi connectivity index (χ1v) is 12.6. The lowest BCUT2D eigenvalue weighted by Crippen LogP contribution is -2.57. The van der Waals surface area contributed by atoms with Crippen LogP contribution in [-0.4, -0.2) is 83.0 Å². The highest BCUT2D eigenvalue weighted by molar-refractivity contribution is 7.98. The molecule has 2 aliphatic heterocycles. The van der Waals surface area contributed by atoms with E-state index in [0.29, 0.717) is 31.6 Å². The molecule has 0 aromatic heterocycles. The third-order valence-electron chi connectivity index (χ3n) is 6.22. The molecule has 5 unspecified atom stereocenters. The second-order valence-electron chi connectivity index (χ2n) is 8.39. The Bertz CT molecular complexity index is 656. The lowest BCUT2D eigenvalue weighted by Gasteiger charge is -2.29. The number of carbonyl (C=O) groups is 4. The molecular weight excluding hydrogens is 420 g/mol. The molecule has 31 heavy (non-hydrogen) atoms. The highest BCUT2D eigenvalue weighted by atomic mass is 32.2. The van der Waals surface area contributed by atoms with E-state index < -0.39 is 30.0 Å². The summed E-state index contributed by atoms with van der Waals surface area (Å²) < 4.78 is 0. The van der Waals surface area contributed by atoms with Crippen molar-refractivity contribution >= 4 is 35.5 Å². The fraction of sp³-hybridized carbons (Fsp3) is 0.810. The molecule has 2 saturated heterocycles. The van der Waals surface area contributed by atoms with Gasteiger partial charge in [-0.25, -0.2) is 4.79 Å². The van der Waals surface area contributed by atoms with Crippen molar-refractivity contribution < 1.29 is 24.3 Å². The molecule has 10 heteroatoms. The van der Waals surface area contributed by atoms with Crippen molar-refractivity contribution in [3.8, 4) is 0 Å². The molecule has 0 aromatic carbocycles. The molecule has 2 aliphatic rings. The maximum Gasteiger partial charge on any atom is 0.326 e. The quantitative estimate of drug-likeness (QED) is 0.358. The van der Waals surface area contributed by atoms with E-state index in [9.17, 15) is 24.3 Å². The van der Waals surface area contributed by atoms with E-state index in [2.05, 4.69) is 16.0 Å². The Morgan fingerprint density at radius 1 is 1.19 bits per heavy atom. The van der Waals surface area contributed by atoms with E-state index in [0.717, 1.165) is 25.8 Å². The van der Waals surface area contributed by atoms with Crippen molar-refractivity contribution in [2.45, 2.75) is 76.5 Å². The Kier molecular flexibility index (Phi) is 10.1. The predicted octanol–water partition coefficient (Wildman–Crippen LogP) is 0.583. The molecule has 4 N–H and O–H groups in total. The van der Waals surface area contributed by atoms with Gasteiger partial charge in [-0.3, -0.25) is 14.4 Å². The average Bonchev–Trinajstić information content (AvgIpc) is 3.45. The van der Waals surface area contributed by atoms with Crippen LogP contribution in [0.3, 0.4) is 0 Å². The van der Waals surface area contributed by atoms with Gasteiger partial charge in [0.25, 0.3) is 0 Å².